The number of hydrogen-bond acceptors (Lipinski definition) is 6. The Hall–Kier alpha value is -4.05. The minimum absolute atomic E-state index is 0.0772. The molecule has 4 aromatic rings. The van der Waals surface area contributed by atoms with Crippen LogP contribution in [0, 0.1) is 6.92 Å². The van der Waals surface area contributed by atoms with E-state index in [0.717, 1.165) is 5.69 Å². The van der Waals surface area contributed by atoms with Crippen molar-refractivity contribution in [2.75, 3.05) is 10.6 Å². The largest absolute Gasteiger partial charge is 0.486 e. The number of nitrogens with one attached hydrogen (secondary N) is 2. The highest BCUT2D eigenvalue weighted by Gasteiger charge is 2.22. The Labute approximate surface area is 200 Å². The second-order valence-electron chi connectivity index (χ2n) is 7.41. The highest BCUT2D eigenvalue weighted by atomic mass is 35.5. The van der Waals surface area contributed by atoms with Crippen molar-refractivity contribution in [1.29, 1.82) is 0 Å². The number of hydrogen-bond donors (Lipinski definition) is 2. The zero-order valence-corrected chi connectivity index (χ0v) is 19.6. The molecule has 2 amide bonds. The number of nitrogens with zero attached hydrogens (tertiary/aromatic N) is 4. The maximum Gasteiger partial charge on any atom is 0.291 e. The van der Waals surface area contributed by atoms with E-state index in [1.807, 2.05) is 13.8 Å². The van der Waals surface area contributed by atoms with Gasteiger partial charge in [-0.3, -0.25) is 19.0 Å². The summed E-state index contributed by atoms with van der Waals surface area (Å²) >= 11 is 5.87. The van der Waals surface area contributed by atoms with Crippen molar-refractivity contribution in [2.24, 2.45) is 7.05 Å². The fourth-order valence-electron chi connectivity index (χ4n) is 3.21. The maximum absolute atomic E-state index is 13.0. The van der Waals surface area contributed by atoms with Crippen LogP contribution in [0.3, 0.4) is 0 Å². The van der Waals surface area contributed by atoms with Gasteiger partial charge in [0.1, 0.15) is 23.8 Å². The molecule has 3 heterocycles. The molecule has 10 nitrogen and oxygen atoms in total. The fourth-order valence-corrected chi connectivity index (χ4v) is 3.33. The number of amides is 2. The molecule has 0 unspecified atom stereocenters. The van der Waals surface area contributed by atoms with E-state index in [2.05, 4.69) is 20.8 Å². The number of aromatic nitrogens is 4. The van der Waals surface area contributed by atoms with Crippen LogP contribution in [0.25, 0.3) is 0 Å². The third-order valence-electron chi connectivity index (χ3n) is 5.17. The zero-order chi connectivity index (χ0) is 24.2. The zero-order valence-electron chi connectivity index (χ0n) is 18.8. The van der Waals surface area contributed by atoms with Crippen LogP contribution in [0.4, 0.5) is 11.4 Å². The normalized spacial score (nSPS) is 10.8. The molecule has 0 radical (unpaired) electrons. The van der Waals surface area contributed by atoms with Gasteiger partial charge in [0.25, 0.3) is 11.8 Å². The standard InChI is InChI=1S/C23H23ClN6O4/c1-4-30-21(23(32)27-18-11-25-29(3)14(18)2)19(12-26-30)28-22(31)20-10-9-17(34-20)13-33-16-7-5-15(24)6-8-16/h5-12H,4,13H2,1-3H3,(H,27,32)(H,28,31). The first-order chi connectivity index (χ1) is 16.4. The number of carbonyl (C=O) groups is 2. The minimum atomic E-state index is -0.514. The lowest BCUT2D eigenvalue weighted by atomic mass is 10.3. The molecule has 3 aromatic heterocycles. The van der Waals surface area contributed by atoms with Gasteiger partial charge in [0.15, 0.2) is 5.76 Å². The van der Waals surface area contributed by atoms with Gasteiger partial charge in [0.05, 0.1) is 29.5 Å². The lowest BCUT2D eigenvalue weighted by Gasteiger charge is -2.09. The van der Waals surface area contributed by atoms with Crippen LogP contribution in [-0.4, -0.2) is 31.4 Å². The second-order valence-corrected chi connectivity index (χ2v) is 7.84. The Balaban J connectivity index is 1.45. The highest BCUT2D eigenvalue weighted by Crippen LogP contribution is 2.21. The number of anilines is 2. The van der Waals surface area contributed by atoms with Gasteiger partial charge in [-0.15, -0.1) is 0 Å². The molecule has 0 aliphatic carbocycles. The van der Waals surface area contributed by atoms with Crippen molar-refractivity contribution in [3.8, 4) is 5.75 Å². The van der Waals surface area contributed by atoms with Gasteiger partial charge < -0.3 is 19.8 Å². The maximum atomic E-state index is 13.0. The molecule has 2 N–H and O–H groups in total. The van der Waals surface area contributed by atoms with E-state index in [0.29, 0.717) is 28.8 Å². The van der Waals surface area contributed by atoms with Crippen molar-refractivity contribution < 1.29 is 18.7 Å². The molecular weight excluding hydrogens is 460 g/mol. The summed E-state index contributed by atoms with van der Waals surface area (Å²) in [6, 6.07) is 10.1. The van der Waals surface area contributed by atoms with Crippen molar-refractivity contribution in [3.63, 3.8) is 0 Å². The van der Waals surface area contributed by atoms with Crippen LogP contribution in [0.1, 0.15) is 39.4 Å². The molecule has 0 aliphatic heterocycles. The van der Waals surface area contributed by atoms with Crippen molar-refractivity contribution in [1.82, 2.24) is 19.6 Å². The summed E-state index contributed by atoms with van der Waals surface area (Å²) in [6.45, 7) is 4.27. The van der Waals surface area contributed by atoms with Gasteiger partial charge in [0, 0.05) is 18.6 Å². The summed E-state index contributed by atoms with van der Waals surface area (Å²) < 4.78 is 14.4. The summed E-state index contributed by atoms with van der Waals surface area (Å²) in [5.41, 5.74) is 1.86. The van der Waals surface area contributed by atoms with Gasteiger partial charge in [-0.25, -0.2) is 0 Å². The Kier molecular flexibility index (Phi) is 6.69. The molecule has 0 saturated carbocycles. The number of ether oxygens (including phenoxy) is 1. The molecule has 11 heteroatoms. The monoisotopic (exact) mass is 482 g/mol. The van der Waals surface area contributed by atoms with Crippen LogP contribution in [0.2, 0.25) is 5.02 Å². The van der Waals surface area contributed by atoms with E-state index in [9.17, 15) is 9.59 Å². The molecule has 0 atom stereocenters. The number of rotatable bonds is 8. The highest BCUT2D eigenvalue weighted by molar-refractivity contribution is 6.30. The van der Waals surface area contributed by atoms with E-state index in [-0.39, 0.29) is 23.7 Å². The number of halogens is 1. The molecule has 0 bridgehead atoms. The summed E-state index contributed by atoms with van der Waals surface area (Å²) in [5, 5.41) is 14.5. The average Bonchev–Trinajstić information content (AvgIpc) is 3.54. The average molecular weight is 483 g/mol. The summed E-state index contributed by atoms with van der Waals surface area (Å²) in [5.74, 6) is 0.239. The Bertz CT molecular complexity index is 1320. The number of carbonyl (C=O) groups excluding carboxylic acids is 2. The quantitative estimate of drug-likeness (QED) is 0.387. The summed E-state index contributed by atoms with van der Waals surface area (Å²) in [4.78, 5) is 25.8. The Morgan fingerprint density at radius 2 is 1.74 bits per heavy atom. The van der Waals surface area contributed by atoms with Gasteiger partial charge in [-0.1, -0.05) is 11.6 Å². The topological polar surface area (TPSA) is 116 Å². The van der Waals surface area contributed by atoms with Crippen LogP contribution in [0.5, 0.6) is 5.75 Å². The van der Waals surface area contributed by atoms with Gasteiger partial charge in [0.2, 0.25) is 0 Å². The van der Waals surface area contributed by atoms with E-state index in [4.69, 9.17) is 20.8 Å². The lowest BCUT2D eigenvalue weighted by Crippen LogP contribution is -2.21. The Morgan fingerprint density at radius 1 is 1.03 bits per heavy atom. The molecule has 34 heavy (non-hydrogen) atoms. The number of aryl methyl sites for hydroxylation is 2. The molecule has 176 valence electrons. The van der Waals surface area contributed by atoms with Gasteiger partial charge in [-0.2, -0.15) is 10.2 Å². The summed E-state index contributed by atoms with van der Waals surface area (Å²) in [6.07, 6.45) is 2.99. The van der Waals surface area contributed by atoms with Crippen LogP contribution < -0.4 is 15.4 Å². The van der Waals surface area contributed by atoms with E-state index in [1.165, 1.54) is 10.9 Å². The van der Waals surface area contributed by atoms with E-state index < -0.39 is 11.8 Å². The van der Waals surface area contributed by atoms with Gasteiger partial charge >= 0.3 is 0 Å². The van der Waals surface area contributed by atoms with E-state index >= 15 is 0 Å². The second kappa shape index (κ2) is 9.84. The smallest absolute Gasteiger partial charge is 0.291 e. The minimum Gasteiger partial charge on any atom is -0.486 e. The third-order valence-corrected chi connectivity index (χ3v) is 5.42. The van der Waals surface area contributed by atoms with Crippen molar-refractivity contribution in [2.45, 2.75) is 27.0 Å². The summed E-state index contributed by atoms with van der Waals surface area (Å²) in [7, 11) is 1.78. The molecule has 0 fully saturated rings. The first kappa shape index (κ1) is 23.1. The lowest BCUT2D eigenvalue weighted by molar-refractivity contribution is 0.0992. The predicted octanol–water partition coefficient (Wildman–Crippen LogP) is 4.27. The van der Waals surface area contributed by atoms with Crippen LogP contribution >= 0.6 is 11.6 Å². The van der Waals surface area contributed by atoms with E-state index in [1.54, 1.807) is 54.3 Å². The first-order valence-corrected chi connectivity index (χ1v) is 10.9. The van der Waals surface area contributed by atoms with Crippen molar-refractivity contribution in [3.05, 3.63) is 76.7 Å². The predicted molar refractivity (Wildman–Crippen MR) is 126 cm³/mol. The molecule has 4 rings (SSSR count). The van der Waals surface area contributed by atoms with Crippen LogP contribution in [0.15, 0.2) is 53.2 Å². The molecular formula is C23H23ClN6O4. The molecule has 0 aliphatic rings. The fraction of sp³-hybridized carbons (Fsp3) is 0.217. The van der Waals surface area contributed by atoms with Gasteiger partial charge in [-0.05, 0) is 50.2 Å². The Morgan fingerprint density at radius 3 is 2.41 bits per heavy atom. The molecule has 0 saturated heterocycles. The first-order valence-electron chi connectivity index (χ1n) is 10.5. The molecule has 0 spiro atoms. The van der Waals surface area contributed by atoms with Crippen molar-refractivity contribution >= 4 is 34.8 Å². The molecule has 1 aromatic carbocycles. The number of benzene rings is 1. The SMILES string of the molecule is CCn1ncc(NC(=O)c2ccc(COc3ccc(Cl)cc3)o2)c1C(=O)Nc1cnn(C)c1C. The number of furan rings is 1. The third kappa shape index (κ3) is 4.96. The van der Waals surface area contributed by atoms with Crippen LogP contribution in [-0.2, 0) is 20.2 Å².